The summed E-state index contributed by atoms with van der Waals surface area (Å²) in [5.74, 6) is -4.11. The minimum absolute atomic E-state index is 0.144. The monoisotopic (exact) mass is 1290 g/mol. The summed E-state index contributed by atoms with van der Waals surface area (Å²) >= 11 is 0. The molecule has 84 heavy (non-hydrogen) atoms. The first-order chi connectivity index (χ1) is 38.8. The van der Waals surface area contributed by atoms with Gasteiger partial charge in [-0.25, -0.2) is 74.5 Å². The predicted octanol–water partition coefficient (Wildman–Crippen LogP) is 4.97. The van der Waals surface area contributed by atoms with E-state index in [1.807, 2.05) is 6.92 Å². The number of hydrogen-bond donors (Lipinski definition) is 1. The number of benzene rings is 4. The summed E-state index contributed by atoms with van der Waals surface area (Å²) in [6.07, 6.45) is 6.30. The fourth-order valence-electron chi connectivity index (χ4n) is 4.90. The van der Waals surface area contributed by atoms with Crippen molar-refractivity contribution in [3.05, 3.63) is 197 Å². The lowest BCUT2D eigenvalue weighted by atomic mass is 10.2. The Labute approximate surface area is 483 Å². The van der Waals surface area contributed by atoms with Crippen molar-refractivity contribution in [3.63, 3.8) is 0 Å². The van der Waals surface area contributed by atoms with Gasteiger partial charge in [-0.1, -0.05) is 60.2 Å². The van der Waals surface area contributed by atoms with Crippen LogP contribution in [0.5, 0.6) is 0 Å². The van der Waals surface area contributed by atoms with Crippen LogP contribution >= 0.6 is 0 Å². The van der Waals surface area contributed by atoms with E-state index in [2.05, 4.69) is 18.9 Å². The van der Waals surface area contributed by atoms with Gasteiger partial charge in [-0.15, -0.1) is 0 Å². The molecule has 4 aromatic carbocycles. The zero-order chi connectivity index (χ0) is 64.7. The van der Waals surface area contributed by atoms with Gasteiger partial charge >= 0.3 is 29.8 Å². The average molecular weight is 1290 g/mol. The highest BCUT2D eigenvalue weighted by molar-refractivity contribution is 7.96. The quantitative estimate of drug-likeness (QED) is 0.0479. The number of carboxylic acid groups (broad SMARTS) is 1. The number of hydrogen-bond acceptors (Lipinski definition) is 25. The minimum atomic E-state index is -4.09. The van der Waals surface area contributed by atoms with Gasteiger partial charge in [0.15, 0.2) is 39.3 Å². The molecule has 1 heterocycles. The second-order valence-electron chi connectivity index (χ2n) is 15.5. The number of rotatable bonds is 17. The molecule has 0 unspecified atom stereocenters. The van der Waals surface area contributed by atoms with Crippen molar-refractivity contribution in [3.8, 4) is 0 Å². The third kappa shape index (κ3) is 30.3. The number of aliphatic carboxylic acids is 1. The minimum Gasteiger partial charge on any atom is -0.478 e. The molecule has 0 spiro atoms. The molecule has 0 radical (unpaired) electrons. The van der Waals surface area contributed by atoms with E-state index in [4.69, 9.17) is 5.11 Å². The number of ether oxygens (including phenoxy) is 4. The molecule has 0 aliphatic carbocycles. The normalized spacial score (nSPS) is 12.6. The molecule has 0 atom stereocenters. The molecule has 34 heteroatoms. The number of sulfone groups is 6. The van der Waals surface area contributed by atoms with E-state index >= 15 is 0 Å². The number of nitro groups is 2. The number of nitrogens with zero attached hydrogens (tertiary/aromatic N) is 2. The van der Waals surface area contributed by atoms with Crippen LogP contribution in [0.2, 0.25) is 0 Å². The third-order valence-corrected chi connectivity index (χ3v) is 16.6. The van der Waals surface area contributed by atoms with E-state index in [1.165, 1.54) is 61.0 Å². The van der Waals surface area contributed by atoms with E-state index in [-0.39, 0.29) is 22.2 Å². The summed E-state index contributed by atoms with van der Waals surface area (Å²) in [5, 5.41) is 34.1. The first-order valence-corrected chi connectivity index (χ1v) is 32.4. The van der Waals surface area contributed by atoms with Gasteiger partial charge in [-0.2, -0.15) is 0 Å². The van der Waals surface area contributed by atoms with Crippen molar-refractivity contribution in [1.29, 1.82) is 0 Å². The van der Waals surface area contributed by atoms with Crippen LogP contribution in [0.15, 0.2) is 186 Å². The molecule has 28 nitrogen and oxygen atoms in total. The Morgan fingerprint density at radius 1 is 0.536 bits per heavy atom. The van der Waals surface area contributed by atoms with Crippen molar-refractivity contribution >= 4 is 100 Å². The van der Waals surface area contributed by atoms with Crippen LogP contribution in [-0.4, -0.2) is 135 Å². The molecule has 4 aromatic rings. The molecule has 0 aromatic heterocycles. The van der Waals surface area contributed by atoms with Gasteiger partial charge in [0.25, 0.3) is 11.4 Å². The molecule has 0 bridgehead atoms. The van der Waals surface area contributed by atoms with Crippen molar-refractivity contribution in [2.75, 3.05) is 39.9 Å². The van der Waals surface area contributed by atoms with Crippen LogP contribution in [0, 0.1) is 34.1 Å². The largest absolute Gasteiger partial charge is 0.478 e. The van der Waals surface area contributed by atoms with Gasteiger partial charge < -0.3 is 24.1 Å². The fourth-order valence-corrected chi connectivity index (χ4v) is 10.1. The van der Waals surface area contributed by atoms with Gasteiger partial charge in [-0.3, -0.25) is 20.2 Å². The second kappa shape index (κ2) is 35.2. The van der Waals surface area contributed by atoms with Gasteiger partial charge in [-0.05, 0) is 62.7 Å². The van der Waals surface area contributed by atoms with Crippen molar-refractivity contribution in [2.24, 2.45) is 0 Å². The van der Waals surface area contributed by atoms with Gasteiger partial charge in [0.1, 0.15) is 9.79 Å². The summed E-state index contributed by atoms with van der Waals surface area (Å²) in [6, 6.07) is 22.8. The Morgan fingerprint density at radius 3 is 1.27 bits per heavy atom. The van der Waals surface area contributed by atoms with Crippen LogP contribution in [-0.2, 0) is 102 Å². The van der Waals surface area contributed by atoms with Gasteiger partial charge in [0, 0.05) is 81.2 Å². The second-order valence-corrected chi connectivity index (χ2v) is 26.6. The smallest absolute Gasteiger partial charge is 0.331 e. The SMILES string of the molecule is CCOC(=O)/C=C/S(=O)(=O)c1ccc(C)cc1.COC(=O)/C=C/S(=O)(=O)c1cc(C)ccc1[N+](=O)[O-].COC(=O)/C=C/S(=O)(=O)c1ccccc1.COC(=O)/C=C/S(=O)(=O)c1ccccc1[N+](=O)[O-].CS(=O)(=O)/C=C/C(=O)O.O=S1(=O)C=CC1. The van der Waals surface area contributed by atoms with E-state index in [0.717, 1.165) is 67.2 Å². The molecular weight excluding hydrogens is 1240 g/mol. The highest BCUT2D eigenvalue weighted by atomic mass is 32.2. The molecule has 0 amide bonds. The van der Waals surface area contributed by atoms with E-state index in [1.54, 1.807) is 50.3 Å². The van der Waals surface area contributed by atoms with Crippen LogP contribution in [0.4, 0.5) is 11.4 Å². The van der Waals surface area contributed by atoms with Gasteiger partial charge in [0.2, 0.25) is 19.7 Å². The highest BCUT2D eigenvalue weighted by Crippen LogP contribution is 2.27. The lowest BCUT2D eigenvalue weighted by molar-refractivity contribution is -0.388. The van der Waals surface area contributed by atoms with E-state index in [9.17, 15) is 94.7 Å². The standard InChI is InChI=1S/C12H14O4S.C11H11NO6S.C10H9NO6S.C10H10O4S.C4H6O4S.C3H4O2S/c1-3-16-12(13)8-9-17(14,15)11-6-4-10(2)5-7-11;1-8-3-4-9(12(14)15)10(7-8)19(16,17)6-5-11(13)18-2;1-17-10(12)6-7-18(15,16)9-5-3-2-4-8(9)11(13)14;1-14-10(11)7-8-15(12,13)9-5-3-2-4-6-9;1-9(7,8)3-2-4(5)6;4-6(5)2-1-3-6/h4-9H,3H2,1-2H3;3-7H,1-2H3;2-7H,1H3;2-8H,1H3;2-3H,1H3,(H,5,6);1-2H,3H2/b9-8+;6-5+;7-6+;8-7+;3-2+;. The Morgan fingerprint density at radius 2 is 0.905 bits per heavy atom. The zero-order valence-electron chi connectivity index (χ0n) is 45.1. The number of carbonyl (C=O) groups is 5. The number of aryl methyl sites for hydroxylation is 2. The Balaban J connectivity index is 0.00000101. The maximum Gasteiger partial charge on any atom is 0.331 e. The van der Waals surface area contributed by atoms with Crippen LogP contribution in [0.3, 0.4) is 0 Å². The molecule has 1 N–H and O–H groups in total. The summed E-state index contributed by atoms with van der Waals surface area (Å²) in [7, 11) is -17.9. The number of nitro benzene ring substituents is 2. The Bertz CT molecular complexity index is 3890. The number of para-hydroxylation sites is 1. The van der Waals surface area contributed by atoms with Crippen LogP contribution < -0.4 is 0 Å². The summed E-state index contributed by atoms with van der Waals surface area (Å²) in [6.45, 7) is 5.34. The molecule has 0 fully saturated rings. The molecule has 0 saturated heterocycles. The molecule has 5 rings (SSSR count). The van der Waals surface area contributed by atoms with Crippen molar-refractivity contribution in [2.45, 2.75) is 40.4 Å². The molecular formula is C50H54N2O26S6. The number of carboxylic acids is 1. The number of esters is 4. The fraction of sp³-hybridized carbons (Fsp3) is 0.180. The number of carbonyl (C=O) groups excluding carboxylic acids is 4. The van der Waals surface area contributed by atoms with E-state index < -0.39 is 120 Å². The van der Waals surface area contributed by atoms with Crippen LogP contribution in [0.1, 0.15) is 18.1 Å². The summed E-state index contributed by atoms with van der Waals surface area (Å²) in [5.41, 5.74) is 0.432. The maximum absolute atomic E-state index is 11.9. The summed E-state index contributed by atoms with van der Waals surface area (Å²) < 4.78 is 152. The third-order valence-electron chi connectivity index (χ3n) is 8.92. The molecule has 1 aliphatic rings. The molecule has 456 valence electrons. The van der Waals surface area contributed by atoms with E-state index in [0.29, 0.717) is 40.0 Å². The first kappa shape index (κ1) is 75.2. The molecule has 0 saturated carbocycles. The number of methoxy groups -OCH3 is 3. The Kier molecular flexibility index (Phi) is 31.5. The zero-order valence-corrected chi connectivity index (χ0v) is 50.0. The summed E-state index contributed by atoms with van der Waals surface area (Å²) in [4.78, 5) is 72.3. The average Bonchev–Trinajstić information content (AvgIpc) is 3.55. The first-order valence-electron chi connectivity index (χ1n) is 22.5. The van der Waals surface area contributed by atoms with Crippen molar-refractivity contribution in [1.82, 2.24) is 0 Å². The lowest BCUT2D eigenvalue weighted by Crippen LogP contribution is -2.07. The van der Waals surface area contributed by atoms with Gasteiger partial charge in [0.05, 0.1) is 53.3 Å². The van der Waals surface area contributed by atoms with Crippen molar-refractivity contribution < 1.29 is 108 Å². The maximum atomic E-state index is 11.9. The Hall–Kier alpha value is -8.83. The molecule has 1 aliphatic heterocycles. The topological polar surface area (TPSA) is 434 Å². The van der Waals surface area contributed by atoms with Crippen LogP contribution in [0.25, 0.3) is 0 Å². The highest BCUT2D eigenvalue weighted by Gasteiger charge is 2.25. The predicted molar refractivity (Wildman–Crippen MR) is 301 cm³/mol. The lowest BCUT2D eigenvalue weighted by Gasteiger charge is -2.02.